The molecule has 0 aromatic rings. The van der Waals surface area contributed by atoms with Gasteiger partial charge in [-0.1, -0.05) is 12.5 Å². The van der Waals surface area contributed by atoms with Crippen molar-refractivity contribution < 1.29 is 9.53 Å². The maximum atomic E-state index is 10.8. The number of unbranched alkanes of at least 4 members (excludes halogenated alkanes) is 2. The van der Waals surface area contributed by atoms with Crippen molar-refractivity contribution in [2.24, 2.45) is 0 Å². The Bertz CT molecular complexity index is 232. The van der Waals surface area contributed by atoms with Crippen LogP contribution in [0.5, 0.6) is 0 Å². The SMILES string of the molecule is C=CCNC(=S)NCCCCCC(=O)OC. The van der Waals surface area contributed by atoms with Crippen molar-refractivity contribution >= 4 is 23.3 Å². The van der Waals surface area contributed by atoms with E-state index in [9.17, 15) is 4.79 Å². The topological polar surface area (TPSA) is 50.4 Å². The Morgan fingerprint density at radius 2 is 2.12 bits per heavy atom. The molecule has 0 spiro atoms. The van der Waals surface area contributed by atoms with Gasteiger partial charge in [-0.25, -0.2) is 0 Å². The van der Waals surface area contributed by atoms with Gasteiger partial charge < -0.3 is 15.4 Å². The average Bonchev–Trinajstić information content (AvgIpc) is 2.30. The lowest BCUT2D eigenvalue weighted by Crippen LogP contribution is -2.35. The summed E-state index contributed by atoms with van der Waals surface area (Å²) in [6, 6.07) is 0. The lowest BCUT2D eigenvalue weighted by molar-refractivity contribution is -0.140. The van der Waals surface area contributed by atoms with Gasteiger partial charge in [-0.15, -0.1) is 6.58 Å². The van der Waals surface area contributed by atoms with Crippen LogP contribution in [-0.4, -0.2) is 31.3 Å². The highest BCUT2D eigenvalue weighted by molar-refractivity contribution is 7.80. The van der Waals surface area contributed by atoms with E-state index in [2.05, 4.69) is 21.9 Å². The van der Waals surface area contributed by atoms with E-state index >= 15 is 0 Å². The minimum absolute atomic E-state index is 0.142. The Hall–Kier alpha value is -1.10. The number of ether oxygens (including phenoxy) is 1. The standard InChI is InChI=1S/C11H20N2O2S/c1-3-8-12-11(16)13-9-6-4-5-7-10(14)15-2/h3H,1,4-9H2,2H3,(H2,12,13,16). The van der Waals surface area contributed by atoms with Crippen LogP contribution in [-0.2, 0) is 9.53 Å². The summed E-state index contributed by atoms with van der Waals surface area (Å²) in [5.74, 6) is -0.142. The summed E-state index contributed by atoms with van der Waals surface area (Å²) in [6.45, 7) is 5.08. The molecule has 0 fully saturated rings. The molecule has 0 aromatic carbocycles. The van der Waals surface area contributed by atoms with Crippen molar-refractivity contribution in [3.05, 3.63) is 12.7 Å². The van der Waals surface area contributed by atoms with Crippen LogP contribution in [0, 0.1) is 0 Å². The second-order valence-electron chi connectivity index (χ2n) is 3.31. The number of thiocarbonyl (C=S) groups is 1. The maximum Gasteiger partial charge on any atom is 0.305 e. The molecule has 2 N–H and O–H groups in total. The molecule has 0 aliphatic carbocycles. The van der Waals surface area contributed by atoms with E-state index < -0.39 is 0 Å². The second kappa shape index (κ2) is 10.4. The van der Waals surface area contributed by atoms with E-state index in [4.69, 9.17) is 12.2 Å². The van der Waals surface area contributed by atoms with Crippen LogP contribution >= 0.6 is 12.2 Å². The number of methoxy groups -OCH3 is 1. The Balaban J connectivity index is 3.23. The van der Waals surface area contributed by atoms with Crippen molar-refractivity contribution in [3.63, 3.8) is 0 Å². The Labute approximate surface area is 102 Å². The molecule has 0 saturated carbocycles. The van der Waals surface area contributed by atoms with E-state index in [1.54, 1.807) is 6.08 Å². The van der Waals surface area contributed by atoms with Gasteiger partial charge in [-0.3, -0.25) is 4.79 Å². The molecule has 0 atom stereocenters. The summed E-state index contributed by atoms with van der Waals surface area (Å²) in [7, 11) is 1.41. The average molecular weight is 244 g/mol. The molecule has 0 amide bonds. The van der Waals surface area contributed by atoms with Gasteiger partial charge in [0.1, 0.15) is 0 Å². The molecule has 0 bridgehead atoms. The summed E-state index contributed by atoms with van der Waals surface area (Å²) < 4.78 is 4.54. The molecule has 0 heterocycles. The third-order valence-corrected chi connectivity index (χ3v) is 2.27. The lowest BCUT2D eigenvalue weighted by Gasteiger charge is -2.08. The number of hydrogen-bond acceptors (Lipinski definition) is 3. The fourth-order valence-corrected chi connectivity index (χ4v) is 1.29. The van der Waals surface area contributed by atoms with Crippen molar-refractivity contribution in [3.8, 4) is 0 Å². The van der Waals surface area contributed by atoms with E-state index in [0.29, 0.717) is 18.1 Å². The van der Waals surface area contributed by atoms with E-state index in [1.165, 1.54) is 7.11 Å². The molecule has 0 radical (unpaired) electrons. The molecule has 0 aromatic heterocycles. The second-order valence-corrected chi connectivity index (χ2v) is 3.72. The highest BCUT2D eigenvalue weighted by Gasteiger charge is 1.99. The molecule has 16 heavy (non-hydrogen) atoms. The normalized spacial score (nSPS) is 9.31. The third kappa shape index (κ3) is 9.45. The van der Waals surface area contributed by atoms with Gasteiger partial charge in [0.2, 0.25) is 0 Å². The molecule has 0 saturated heterocycles. The van der Waals surface area contributed by atoms with Crippen molar-refractivity contribution in [2.45, 2.75) is 25.7 Å². The van der Waals surface area contributed by atoms with Gasteiger partial charge >= 0.3 is 5.97 Å². The Morgan fingerprint density at radius 1 is 1.38 bits per heavy atom. The quantitative estimate of drug-likeness (QED) is 0.292. The summed E-state index contributed by atoms with van der Waals surface area (Å²) in [6.07, 6.45) is 5.10. The zero-order valence-electron chi connectivity index (χ0n) is 9.75. The zero-order chi connectivity index (χ0) is 12.2. The number of carbonyl (C=O) groups is 1. The first-order chi connectivity index (χ1) is 7.70. The highest BCUT2D eigenvalue weighted by Crippen LogP contribution is 1.99. The van der Waals surface area contributed by atoms with Crippen LogP contribution in [0.15, 0.2) is 12.7 Å². The van der Waals surface area contributed by atoms with Crippen LogP contribution in [0.1, 0.15) is 25.7 Å². The van der Waals surface area contributed by atoms with Crippen molar-refractivity contribution in [1.82, 2.24) is 10.6 Å². The van der Waals surface area contributed by atoms with Crippen LogP contribution < -0.4 is 10.6 Å². The van der Waals surface area contributed by atoms with Gasteiger partial charge in [0, 0.05) is 19.5 Å². The summed E-state index contributed by atoms with van der Waals surface area (Å²) in [5.41, 5.74) is 0. The Kier molecular flexibility index (Phi) is 9.70. The molecule has 4 nitrogen and oxygen atoms in total. The number of nitrogens with one attached hydrogen (secondary N) is 2. The summed E-state index contributed by atoms with van der Waals surface area (Å²) in [4.78, 5) is 10.8. The van der Waals surface area contributed by atoms with E-state index in [-0.39, 0.29) is 5.97 Å². The lowest BCUT2D eigenvalue weighted by atomic mass is 10.2. The maximum absolute atomic E-state index is 10.8. The predicted octanol–water partition coefficient (Wildman–Crippen LogP) is 1.37. The zero-order valence-corrected chi connectivity index (χ0v) is 10.6. The number of carbonyl (C=O) groups excluding carboxylic acids is 1. The van der Waals surface area contributed by atoms with E-state index in [1.807, 2.05) is 0 Å². The van der Waals surface area contributed by atoms with Gasteiger partial charge in [0.15, 0.2) is 5.11 Å². The molecule has 0 unspecified atom stereocenters. The monoisotopic (exact) mass is 244 g/mol. The molecular formula is C11H20N2O2S. The van der Waals surface area contributed by atoms with Gasteiger partial charge in [0.25, 0.3) is 0 Å². The molecular weight excluding hydrogens is 224 g/mol. The number of hydrogen-bond donors (Lipinski definition) is 2. The summed E-state index contributed by atoms with van der Waals surface area (Å²) in [5, 5.41) is 6.70. The van der Waals surface area contributed by atoms with Crippen LogP contribution in [0.4, 0.5) is 0 Å². The van der Waals surface area contributed by atoms with Crippen molar-refractivity contribution in [1.29, 1.82) is 0 Å². The molecule has 92 valence electrons. The Morgan fingerprint density at radius 3 is 2.75 bits per heavy atom. The minimum atomic E-state index is -0.142. The van der Waals surface area contributed by atoms with Gasteiger partial charge in [0.05, 0.1) is 7.11 Å². The van der Waals surface area contributed by atoms with E-state index in [0.717, 1.165) is 25.8 Å². The fourth-order valence-electron chi connectivity index (χ4n) is 1.10. The first kappa shape index (κ1) is 14.9. The first-order valence-electron chi connectivity index (χ1n) is 5.40. The third-order valence-electron chi connectivity index (χ3n) is 1.98. The van der Waals surface area contributed by atoms with Crippen LogP contribution in [0.2, 0.25) is 0 Å². The van der Waals surface area contributed by atoms with Crippen LogP contribution in [0.3, 0.4) is 0 Å². The molecule has 0 rings (SSSR count). The predicted molar refractivity (Wildman–Crippen MR) is 69.3 cm³/mol. The number of esters is 1. The fraction of sp³-hybridized carbons (Fsp3) is 0.636. The van der Waals surface area contributed by atoms with Gasteiger partial charge in [-0.05, 0) is 25.1 Å². The van der Waals surface area contributed by atoms with Crippen molar-refractivity contribution in [2.75, 3.05) is 20.2 Å². The highest BCUT2D eigenvalue weighted by atomic mass is 32.1. The largest absolute Gasteiger partial charge is 0.469 e. The molecule has 5 heteroatoms. The smallest absolute Gasteiger partial charge is 0.305 e. The minimum Gasteiger partial charge on any atom is -0.469 e. The molecule has 0 aliphatic rings. The van der Waals surface area contributed by atoms with Gasteiger partial charge in [-0.2, -0.15) is 0 Å². The first-order valence-corrected chi connectivity index (χ1v) is 5.81. The number of rotatable bonds is 8. The summed E-state index contributed by atoms with van der Waals surface area (Å²) >= 11 is 5.01. The van der Waals surface area contributed by atoms with Crippen LogP contribution in [0.25, 0.3) is 0 Å². The molecule has 0 aliphatic heterocycles.